The molecular formula is C22H19I2S+. The van der Waals surface area contributed by atoms with Crippen molar-refractivity contribution < 1.29 is 0 Å². The molecule has 0 unspecified atom stereocenters. The van der Waals surface area contributed by atoms with Crippen LogP contribution in [0.15, 0.2) is 60.7 Å². The van der Waals surface area contributed by atoms with E-state index >= 15 is 0 Å². The van der Waals surface area contributed by atoms with E-state index < -0.39 is 0 Å². The number of rotatable bonds is 1. The number of hydrogen-bond acceptors (Lipinski definition) is 0. The number of benzene rings is 3. The van der Waals surface area contributed by atoms with Gasteiger partial charge in [0.1, 0.15) is 0 Å². The smallest absolute Gasteiger partial charge is 0.0561 e. The molecule has 0 radical (unpaired) electrons. The summed E-state index contributed by atoms with van der Waals surface area (Å²) in [5.74, 6) is 0. The zero-order valence-electron chi connectivity index (χ0n) is 14.4. The predicted octanol–water partition coefficient (Wildman–Crippen LogP) is 8.24. The lowest BCUT2D eigenvalue weighted by atomic mass is 9.87. The van der Waals surface area contributed by atoms with E-state index in [4.69, 9.17) is 0 Å². The summed E-state index contributed by atoms with van der Waals surface area (Å²) in [5, 5.41) is 2.81. The van der Waals surface area contributed by atoms with Crippen molar-refractivity contribution in [3.05, 3.63) is 73.4 Å². The Balaban J connectivity index is 2.03. The topological polar surface area (TPSA) is 0 Å². The number of halogens is 2. The van der Waals surface area contributed by atoms with Gasteiger partial charge in [0.2, 0.25) is 0 Å². The molecule has 1 heterocycles. The Labute approximate surface area is 178 Å². The quantitative estimate of drug-likeness (QED) is 0.160. The molecule has 0 amide bonds. The van der Waals surface area contributed by atoms with Gasteiger partial charge in [0.25, 0.3) is 0 Å². The van der Waals surface area contributed by atoms with Crippen molar-refractivity contribution in [1.29, 1.82) is 0 Å². The van der Waals surface area contributed by atoms with Gasteiger partial charge in [-0.1, -0.05) is 32.9 Å². The van der Waals surface area contributed by atoms with Gasteiger partial charge in [0.05, 0.1) is 0 Å². The largest absolute Gasteiger partial charge is 0.187 e. The highest BCUT2D eigenvalue weighted by molar-refractivity contribution is 14.1. The van der Waals surface area contributed by atoms with Crippen molar-refractivity contribution >= 4 is 75.8 Å². The van der Waals surface area contributed by atoms with Crippen molar-refractivity contribution in [2.75, 3.05) is 0 Å². The molecule has 1 aromatic heterocycles. The van der Waals surface area contributed by atoms with Gasteiger partial charge < -0.3 is 0 Å². The Morgan fingerprint density at radius 3 is 1.60 bits per heavy atom. The molecule has 0 nitrogen and oxygen atoms in total. The Morgan fingerprint density at radius 1 is 0.680 bits per heavy atom. The number of fused-ring (bicyclic) bond motifs is 3. The van der Waals surface area contributed by atoms with Crippen LogP contribution < -0.4 is 0 Å². The maximum atomic E-state index is 2.42. The second kappa shape index (κ2) is 6.50. The van der Waals surface area contributed by atoms with Crippen LogP contribution in [-0.4, -0.2) is 0 Å². The van der Waals surface area contributed by atoms with Crippen LogP contribution in [-0.2, 0) is 5.41 Å². The monoisotopic (exact) mass is 569 g/mol. The highest BCUT2D eigenvalue weighted by Crippen LogP contribution is 2.49. The first-order valence-corrected chi connectivity index (χ1v) is 11.7. The highest BCUT2D eigenvalue weighted by atomic mass is 127. The van der Waals surface area contributed by atoms with E-state index in [1.165, 1.54) is 37.8 Å². The molecule has 0 atom stereocenters. The number of thiophene rings is 1. The second-order valence-corrected chi connectivity index (χ2v) is 11.8. The second-order valence-electron chi connectivity index (χ2n) is 7.36. The summed E-state index contributed by atoms with van der Waals surface area (Å²) in [6, 6.07) is 23.1. The summed E-state index contributed by atoms with van der Waals surface area (Å²) < 4.78 is 5.52. The fourth-order valence-corrected chi connectivity index (χ4v) is 6.57. The maximum Gasteiger partial charge on any atom is 0.187 e. The molecular weight excluding hydrogens is 550 g/mol. The maximum absolute atomic E-state index is 2.42. The van der Waals surface area contributed by atoms with Crippen LogP contribution in [0.2, 0.25) is 0 Å². The Bertz CT molecular complexity index is 1020. The number of hydrogen-bond donors (Lipinski definition) is 0. The van der Waals surface area contributed by atoms with Gasteiger partial charge in [0, 0.05) is 28.4 Å². The van der Waals surface area contributed by atoms with Crippen LogP contribution in [0.5, 0.6) is 0 Å². The van der Waals surface area contributed by atoms with Crippen molar-refractivity contribution in [2.45, 2.75) is 26.2 Å². The van der Waals surface area contributed by atoms with Crippen LogP contribution in [0, 0.1) is 7.14 Å². The van der Waals surface area contributed by atoms with E-state index in [9.17, 15) is 0 Å². The molecule has 126 valence electrons. The van der Waals surface area contributed by atoms with Crippen LogP contribution in [0.4, 0.5) is 0 Å². The molecule has 4 aromatic rings. The lowest BCUT2D eigenvalue weighted by molar-refractivity contribution is 0.590. The van der Waals surface area contributed by atoms with Gasteiger partial charge in [-0.05, 0) is 105 Å². The molecule has 0 aliphatic rings. The third-order valence-corrected chi connectivity index (χ3v) is 8.25. The van der Waals surface area contributed by atoms with E-state index in [1.54, 1.807) is 0 Å². The van der Waals surface area contributed by atoms with E-state index in [2.05, 4.69) is 127 Å². The molecule has 25 heavy (non-hydrogen) atoms. The first kappa shape index (κ1) is 17.7. The van der Waals surface area contributed by atoms with Gasteiger partial charge in [-0.3, -0.25) is 0 Å². The summed E-state index contributed by atoms with van der Waals surface area (Å²) in [7, 11) is 0.00118. The van der Waals surface area contributed by atoms with Crippen molar-refractivity contribution in [2.24, 2.45) is 0 Å². The Hall–Kier alpha value is -0.660. The zero-order valence-corrected chi connectivity index (χ0v) is 19.6. The summed E-state index contributed by atoms with van der Waals surface area (Å²) in [5.41, 5.74) is 1.59. The molecule has 0 saturated heterocycles. The molecule has 0 saturated carbocycles. The minimum Gasteiger partial charge on any atom is -0.0561 e. The molecule has 4 rings (SSSR count). The van der Waals surface area contributed by atoms with E-state index in [0.717, 1.165) is 0 Å². The van der Waals surface area contributed by atoms with Crippen LogP contribution in [0.1, 0.15) is 26.3 Å². The fraction of sp³-hybridized carbons (Fsp3) is 0.182. The third kappa shape index (κ3) is 3.23. The van der Waals surface area contributed by atoms with E-state index in [0.29, 0.717) is 0 Å². The first-order chi connectivity index (χ1) is 11.8. The molecule has 0 fully saturated rings. The van der Waals surface area contributed by atoms with E-state index in [1.807, 2.05) is 0 Å². The summed E-state index contributed by atoms with van der Waals surface area (Å²) in [6.07, 6.45) is 0. The van der Waals surface area contributed by atoms with Gasteiger partial charge >= 0.3 is 0 Å². The molecule has 0 spiro atoms. The first-order valence-electron chi connectivity index (χ1n) is 8.29. The predicted molar refractivity (Wildman–Crippen MR) is 129 cm³/mol. The van der Waals surface area contributed by atoms with Crippen LogP contribution in [0.25, 0.3) is 25.1 Å². The molecule has 0 aliphatic carbocycles. The Morgan fingerprint density at radius 2 is 1.16 bits per heavy atom. The van der Waals surface area contributed by atoms with Crippen molar-refractivity contribution in [3.8, 4) is 4.90 Å². The summed E-state index contributed by atoms with van der Waals surface area (Å²) in [4.78, 5) is 1.41. The lowest BCUT2D eigenvalue weighted by Gasteiger charge is -2.18. The molecule has 3 heteroatoms. The SMILES string of the molecule is CC(C)(C)c1ccc(-[s+]2c3ccc(I)cc3c3cc(I)ccc32)cc1. The normalized spacial score (nSPS) is 12.2. The Kier molecular flexibility index (Phi) is 4.61. The van der Waals surface area contributed by atoms with Gasteiger partial charge in [0.15, 0.2) is 14.3 Å². The van der Waals surface area contributed by atoms with E-state index in [-0.39, 0.29) is 15.9 Å². The molecule has 0 aliphatic heterocycles. The van der Waals surface area contributed by atoms with Crippen molar-refractivity contribution in [3.63, 3.8) is 0 Å². The summed E-state index contributed by atoms with van der Waals surface area (Å²) >= 11 is 4.83. The highest BCUT2D eigenvalue weighted by Gasteiger charge is 2.24. The third-order valence-electron chi connectivity index (χ3n) is 4.57. The molecule has 0 N–H and O–H groups in total. The summed E-state index contributed by atoms with van der Waals surface area (Å²) in [6.45, 7) is 6.82. The minimum atomic E-state index is 0.00118. The fourth-order valence-electron chi connectivity index (χ4n) is 3.24. The minimum absolute atomic E-state index is 0.00118. The average molecular weight is 569 g/mol. The molecule has 3 aromatic carbocycles. The van der Waals surface area contributed by atoms with Gasteiger partial charge in [-0.25, -0.2) is 0 Å². The van der Waals surface area contributed by atoms with Crippen molar-refractivity contribution in [1.82, 2.24) is 0 Å². The van der Waals surface area contributed by atoms with Gasteiger partial charge in [-0.2, -0.15) is 0 Å². The standard InChI is InChI=1S/C22H19I2S/c1-22(2,3)14-4-8-17(9-5-14)25-20-10-6-15(23)12-18(20)19-13-16(24)7-11-21(19)25/h4-13H,1-3H3/q+1. The zero-order chi connectivity index (χ0) is 17.8. The molecule has 0 bridgehead atoms. The average Bonchev–Trinajstić information content (AvgIpc) is 2.87. The van der Waals surface area contributed by atoms with Crippen LogP contribution in [0.3, 0.4) is 0 Å². The van der Waals surface area contributed by atoms with Gasteiger partial charge in [-0.15, -0.1) is 0 Å². The lowest BCUT2D eigenvalue weighted by Crippen LogP contribution is -2.10. The van der Waals surface area contributed by atoms with Crippen LogP contribution >= 0.6 is 55.7 Å².